The Bertz CT molecular complexity index is 1020. The van der Waals surface area contributed by atoms with E-state index in [0.717, 1.165) is 13.0 Å². The molecule has 4 aromatic rings. The molecule has 0 saturated carbocycles. The number of nitrogens with zero attached hydrogens (tertiary/aromatic N) is 1. The zero-order valence-electron chi connectivity index (χ0n) is 12.7. The standard InChI is InChI=1S/C20H17N3/c1-2-4-18-16(3-1)17-8-10-22-19(20(17)23-18)14-5-6-15-12-21-9-7-13(15)11-14/h1-7,9,11-12,19,22-23H,8,10H2. The molecule has 1 unspecified atom stereocenters. The van der Waals surface area contributed by atoms with Crippen LogP contribution in [0.1, 0.15) is 22.9 Å². The fraction of sp³-hybridized carbons (Fsp3) is 0.150. The minimum Gasteiger partial charge on any atom is -0.357 e. The molecule has 1 atom stereocenters. The van der Waals surface area contributed by atoms with Gasteiger partial charge in [-0.1, -0.05) is 30.3 Å². The van der Waals surface area contributed by atoms with E-state index in [1.807, 2.05) is 12.4 Å². The summed E-state index contributed by atoms with van der Waals surface area (Å²) in [7, 11) is 0. The normalized spacial score (nSPS) is 17.5. The molecule has 0 radical (unpaired) electrons. The lowest BCUT2D eigenvalue weighted by Gasteiger charge is -2.25. The Morgan fingerprint density at radius 3 is 2.96 bits per heavy atom. The van der Waals surface area contributed by atoms with Gasteiger partial charge in [-0.05, 0) is 41.1 Å². The Morgan fingerprint density at radius 1 is 1.00 bits per heavy atom. The monoisotopic (exact) mass is 299 g/mol. The van der Waals surface area contributed by atoms with Crippen molar-refractivity contribution in [2.24, 2.45) is 0 Å². The van der Waals surface area contributed by atoms with E-state index in [1.54, 1.807) is 0 Å². The second-order valence-electron chi connectivity index (χ2n) is 6.18. The number of pyridine rings is 1. The second-order valence-corrected chi connectivity index (χ2v) is 6.18. The quantitative estimate of drug-likeness (QED) is 0.559. The average molecular weight is 299 g/mol. The van der Waals surface area contributed by atoms with Crippen LogP contribution >= 0.6 is 0 Å². The maximum absolute atomic E-state index is 4.20. The fourth-order valence-electron chi connectivity index (χ4n) is 3.75. The molecule has 3 nitrogen and oxygen atoms in total. The van der Waals surface area contributed by atoms with Crippen LogP contribution in [0.3, 0.4) is 0 Å². The zero-order chi connectivity index (χ0) is 15.2. The van der Waals surface area contributed by atoms with Crippen LogP contribution in [-0.2, 0) is 6.42 Å². The number of fused-ring (bicyclic) bond motifs is 4. The average Bonchev–Trinajstić information content (AvgIpc) is 3.00. The van der Waals surface area contributed by atoms with E-state index in [2.05, 4.69) is 63.8 Å². The van der Waals surface area contributed by atoms with Crippen molar-refractivity contribution in [1.82, 2.24) is 15.3 Å². The molecule has 2 aromatic carbocycles. The summed E-state index contributed by atoms with van der Waals surface area (Å²) < 4.78 is 0. The highest BCUT2D eigenvalue weighted by Gasteiger charge is 2.25. The summed E-state index contributed by atoms with van der Waals surface area (Å²) in [6, 6.07) is 17.5. The van der Waals surface area contributed by atoms with Crippen molar-refractivity contribution in [3.05, 3.63) is 77.7 Å². The zero-order valence-corrected chi connectivity index (χ0v) is 12.7. The Hall–Kier alpha value is -2.65. The molecule has 0 spiro atoms. The third kappa shape index (κ3) is 1.97. The first-order valence-electron chi connectivity index (χ1n) is 8.07. The Balaban J connectivity index is 1.69. The smallest absolute Gasteiger partial charge is 0.0732 e. The van der Waals surface area contributed by atoms with Gasteiger partial charge >= 0.3 is 0 Å². The first-order chi connectivity index (χ1) is 11.4. The van der Waals surface area contributed by atoms with Gasteiger partial charge in [-0.2, -0.15) is 0 Å². The first kappa shape index (κ1) is 12.9. The second kappa shape index (κ2) is 4.93. The number of aromatic amines is 1. The van der Waals surface area contributed by atoms with Crippen molar-refractivity contribution in [3.8, 4) is 0 Å². The van der Waals surface area contributed by atoms with E-state index >= 15 is 0 Å². The molecule has 1 aliphatic heterocycles. The lowest BCUT2D eigenvalue weighted by Crippen LogP contribution is -2.30. The Kier molecular flexibility index (Phi) is 2.76. The molecule has 0 fully saturated rings. The highest BCUT2D eigenvalue weighted by atomic mass is 15.0. The highest BCUT2D eigenvalue weighted by molar-refractivity contribution is 5.86. The van der Waals surface area contributed by atoms with Crippen LogP contribution in [0.5, 0.6) is 0 Å². The lowest BCUT2D eigenvalue weighted by molar-refractivity contribution is 0.561. The van der Waals surface area contributed by atoms with Crippen LogP contribution in [0, 0.1) is 0 Å². The van der Waals surface area contributed by atoms with Crippen molar-refractivity contribution in [2.45, 2.75) is 12.5 Å². The van der Waals surface area contributed by atoms with E-state index in [0.29, 0.717) is 0 Å². The minimum absolute atomic E-state index is 0.226. The molecule has 112 valence electrons. The number of rotatable bonds is 1. The minimum atomic E-state index is 0.226. The van der Waals surface area contributed by atoms with Gasteiger partial charge in [-0.3, -0.25) is 4.98 Å². The number of hydrogen-bond donors (Lipinski definition) is 2. The van der Waals surface area contributed by atoms with Crippen LogP contribution in [0.15, 0.2) is 60.9 Å². The number of benzene rings is 2. The predicted octanol–water partition coefficient (Wildman–Crippen LogP) is 3.95. The fourth-order valence-corrected chi connectivity index (χ4v) is 3.75. The molecule has 0 amide bonds. The number of aromatic nitrogens is 2. The Labute approximate surface area is 134 Å². The van der Waals surface area contributed by atoms with Gasteiger partial charge in [-0.15, -0.1) is 0 Å². The van der Waals surface area contributed by atoms with E-state index < -0.39 is 0 Å². The molecule has 23 heavy (non-hydrogen) atoms. The van der Waals surface area contributed by atoms with Gasteiger partial charge in [0.15, 0.2) is 0 Å². The molecular formula is C20H17N3. The maximum Gasteiger partial charge on any atom is 0.0732 e. The van der Waals surface area contributed by atoms with Gasteiger partial charge in [0, 0.05) is 40.9 Å². The molecule has 5 rings (SSSR count). The molecule has 3 heteroatoms. The van der Waals surface area contributed by atoms with Crippen molar-refractivity contribution in [3.63, 3.8) is 0 Å². The van der Waals surface area contributed by atoms with Crippen LogP contribution in [0.2, 0.25) is 0 Å². The van der Waals surface area contributed by atoms with E-state index in [4.69, 9.17) is 0 Å². The number of hydrogen-bond acceptors (Lipinski definition) is 2. The molecule has 0 saturated heterocycles. The van der Waals surface area contributed by atoms with Gasteiger partial charge in [0.25, 0.3) is 0 Å². The summed E-state index contributed by atoms with van der Waals surface area (Å²) in [4.78, 5) is 7.84. The first-order valence-corrected chi connectivity index (χ1v) is 8.07. The van der Waals surface area contributed by atoms with Gasteiger partial charge < -0.3 is 10.3 Å². The Morgan fingerprint density at radius 2 is 1.96 bits per heavy atom. The topological polar surface area (TPSA) is 40.7 Å². The maximum atomic E-state index is 4.20. The van der Waals surface area contributed by atoms with Crippen molar-refractivity contribution in [2.75, 3.05) is 6.54 Å². The molecule has 1 aliphatic rings. The summed E-state index contributed by atoms with van der Waals surface area (Å²) in [5.41, 5.74) is 5.30. The third-order valence-electron chi connectivity index (χ3n) is 4.86. The summed E-state index contributed by atoms with van der Waals surface area (Å²) >= 11 is 0. The van der Waals surface area contributed by atoms with Crippen LogP contribution < -0.4 is 5.32 Å². The summed E-state index contributed by atoms with van der Waals surface area (Å²) in [5.74, 6) is 0. The van der Waals surface area contributed by atoms with Gasteiger partial charge in [0.2, 0.25) is 0 Å². The van der Waals surface area contributed by atoms with Crippen molar-refractivity contribution in [1.29, 1.82) is 0 Å². The molecule has 2 N–H and O–H groups in total. The van der Waals surface area contributed by atoms with E-state index in [1.165, 1.54) is 38.5 Å². The number of para-hydroxylation sites is 1. The van der Waals surface area contributed by atoms with Crippen LogP contribution in [0.4, 0.5) is 0 Å². The van der Waals surface area contributed by atoms with Crippen LogP contribution in [0.25, 0.3) is 21.7 Å². The summed E-state index contributed by atoms with van der Waals surface area (Å²) in [6.45, 7) is 1.01. The summed E-state index contributed by atoms with van der Waals surface area (Å²) in [5, 5.41) is 7.45. The van der Waals surface area contributed by atoms with Crippen molar-refractivity contribution >= 4 is 21.7 Å². The number of H-pyrrole nitrogens is 1. The third-order valence-corrected chi connectivity index (χ3v) is 4.86. The van der Waals surface area contributed by atoms with Gasteiger partial charge in [0.1, 0.15) is 0 Å². The number of nitrogens with one attached hydrogen (secondary N) is 2. The van der Waals surface area contributed by atoms with Crippen molar-refractivity contribution < 1.29 is 0 Å². The van der Waals surface area contributed by atoms with Crippen LogP contribution in [-0.4, -0.2) is 16.5 Å². The van der Waals surface area contributed by atoms with Gasteiger partial charge in [-0.25, -0.2) is 0 Å². The lowest BCUT2D eigenvalue weighted by atomic mass is 9.93. The highest BCUT2D eigenvalue weighted by Crippen LogP contribution is 2.34. The molecular weight excluding hydrogens is 282 g/mol. The largest absolute Gasteiger partial charge is 0.357 e. The summed E-state index contributed by atoms with van der Waals surface area (Å²) in [6.07, 6.45) is 4.85. The van der Waals surface area contributed by atoms with E-state index in [9.17, 15) is 0 Å². The molecule has 0 aliphatic carbocycles. The molecule has 3 heterocycles. The van der Waals surface area contributed by atoms with Gasteiger partial charge in [0.05, 0.1) is 6.04 Å². The SMILES string of the molecule is c1ccc2c3c([nH]c2c1)C(c1ccc2cnccc2c1)NCC3. The molecule has 2 aromatic heterocycles. The predicted molar refractivity (Wildman–Crippen MR) is 93.6 cm³/mol. The van der Waals surface area contributed by atoms with E-state index in [-0.39, 0.29) is 6.04 Å². The molecule has 0 bridgehead atoms.